The summed E-state index contributed by atoms with van der Waals surface area (Å²) in [4.78, 5) is 0. The maximum Gasteiger partial charge on any atom is 0.175 e. The fourth-order valence-electron chi connectivity index (χ4n) is 1.89. The zero-order valence-electron chi connectivity index (χ0n) is 12.9. The van der Waals surface area contributed by atoms with Crippen LogP contribution in [0, 0.1) is 16.7 Å². The van der Waals surface area contributed by atoms with Crippen molar-refractivity contribution < 1.29 is 9.47 Å². The molecule has 0 radical (unpaired) electrons. The van der Waals surface area contributed by atoms with Crippen LogP contribution in [0.3, 0.4) is 0 Å². The Bertz CT molecular complexity index is 510. The minimum absolute atomic E-state index is 0.313. The van der Waals surface area contributed by atoms with Gasteiger partial charge in [-0.2, -0.15) is 5.26 Å². The second-order valence-electron chi connectivity index (χ2n) is 5.49. The van der Waals surface area contributed by atoms with E-state index in [1.54, 1.807) is 0 Å². The van der Waals surface area contributed by atoms with Crippen molar-refractivity contribution in [2.75, 3.05) is 13.2 Å². The summed E-state index contributed by atoms with van der Waals surface area (Å²) < 4.78 is 12.3. The lowest BCUT2D eigenvalue weighted by Gasteiger charge is -2.17. The van der Waals surface area contributed by atoms with Crippen molar-refractivity contribution in [3.8, 4) is 17.6 Å². The molecule has 0 aromatic heterocycles. The van der Waals surface area contributed by atoms with Crippen molar-refractivity contribution >= 4 is 15.9 Å². The standard InChI is InChI=1S/C16H23BrN2O2/c1-4-20-14-9-12(10-18)8-13(17)15(14)21-7-5-6-16(2,3)11-19/h8-9H,4-7,10,18H2,1-3H3. The van der Waals surface area contributed by atoms with Gasteiger partial charge in [-0.1, -0.05) is 0 Å². The highest BCUT2D eigenvalue weighted by atomic mass is 79.9. The molecule has 21 heavy (non-hydrogen) atoms. The summed E-state index contributed by atoms with van der Waals surface area (Å²) in [5, 5.41) is 9.00. The first kappa shape index (κ1) is 17.8. The topological polar surface area (TPSA) is 68.3 Å². The van der Waals surface area contributed by atoms with E-state index >= 15 is 0 Å². The molecular formula is C16H23BrN2O2. The molecule has 0 saturated carbocycles. The maximum absolute atomic E-state index is 9.00. The molecule has 4 nitrogen and oxygen atoms in total. The summed E-state index contributed by atoms with van der Waals surface area (Å²) in [5.41, 5.74) is 6.35. The number of ether oxygens (including phenoxy) is 2. The van der Waals surface area contributed by atoms with Crippen LogP contribution in [0.5, 0.6) is 11.5 Å². The van der Waals surface area contributed by atoms with E-state index in [4.69, 9.17) is 20.5 Å². The van der Waals surface area contributed by atoms with Gasteiger partial charge in [0.25, 0.3) is 0 Å². The van der Waals surface area contributed by atoms with Gasteiger partial charge < -0.3 is 15.2 Å². The molecule has 0 aliphatic carbocycles. The summed E-state index contributed by atoms with van der Waals surface area (Å²) in [7, 11) is 0. The molecule has 5 heteroatoms. The van der Waals surface area contributed by atoms with E-state index in [0.29, 0.717) is 31.3 Å². The minimum atomic E-state index is -0.313. The number of rotatable bonds is 8. The predicted octanol–water partition coefficient (Wildman–Crippen LogP) is 4.02. The quantitative estimate of drug-likeness (QED) is 0.716. The molecule has 0 atom stereocenters. The third-order valence-electron chi connectivity index (χ3n) is 3.10. The third-order valence-corrected chi connectivity index (χ3v) is 3.69. The lowest BCUT2D eigenvalue weighted by Crippen LogP contribution is -2.10. The largest absolute Gasteiger partial charge is 0.490 e. The van der Waals surface area contributed by atoms with Gasteiger partial charge in [0, 0.05) is 6.54 Å². The molecule has 0 unspecified atom stereocenters. The van der Waals surface area contributed by atoms with Crippen LogP contribution in [0.15, 0.2) is 16.6 Å². The predicted molar refractivity (Wildman–Crippen MR) is 87.3 cm³/mol. The second kappa shape index (κ2) is 8.26. The Kier molecular flexibility index (Phi) is 7.00. The van der Waals surface area contributed by atoms with E-state index < -0.39 is 0 Å². The van der Waals surface area contributed by atoms with Gasteiger partial charge in [0.15, 0.2) is 11.5 Å². The highest BCUT2D eigenvalue weighted by molar-refractivity contribution is 9.10. The smallest absolute Gasteiger partial charge is 0.175 e. The summed E-state index contributed by atoms with van der Waals surface area (Å²) in [6.45, 7) is 7.37. The van der Waals surface area contributed by atoms with Crippen LogP contribution in [-0.2, 0) is 6.54 Å². The molecule has 0 spiro atoms. The number of nitriles is 1. The number of benzene rings is 1. The van der Waals surface area contributed by atoms with Crippen LogP contribution < -0.4 is 15.2 Å². The minimum Gasteiger partial charge on any atom is -0.490 e. The Morgan fingerprint density at radius 3 is 2.62 bits per heavy atom. The zero-order chi connectivity index (χ0) is 15.9. The van der Waals surface area contributed by atoms with Gasteiger partial charge in [-0.3, -0.25) is 0 Å². The van der Waals surface area contributed by atoms with Crippen molar-refractivity contribution in [1.82, 2.24) is 0 Å². The Hall–Kier alpha value is -1.25. The Morgan fingerprint density at radius 1 is 1.33 bits per heavy atom. The highest BCUT2D eigenvalue weighted by Gasteiger charge is 2.17. The summed E-state index contributed by atoms with van der Waals surface area (Å²) in [6, 6.07) is 6.14. The van der Waals surface area contributed by atoms with Crippen LogP contribution in [0.25, 0.3) is 0 Å². The fourth-order valence-corrected chi connectivity index (χ4v) is 2.49. The summed E-state index contributed by atoms with van der Waals surface area (Å²) in [6.07, 6.45) is 1.61. The molecule has 1 aromatic rings. The molecule has 0 aliphatic heterocycles. The lowest BCUT2D eigenvalue weighted by atomic mass is 9.90. The van der Waals surface area contributed by atoms with Gasteiger partial charge in [-0.05, 0) is 67.2 Å². The van der Waals surface area contributed by atoms with Gasteiger partial charge in [-0.15, -0.1) is 0 Å². The van der Waals surface area contributed by atoms with Gasteiger partial charge in [-0.25, -0.2) is 0 Å². The normalized spacial score (nSPS) is 11.0. The van der Waals surface area contributed by atoms with Crippen molar-refractivity contribution in [3.63, 3.8) is 0 Å². The molecule has 2 N–H and O–H groups in total. The first-order valence-corrected chi connectivity index (χ1v) is 7.92. The van der Waals surface area contributed by atoms with Crippen LogP contribution >= 0.6 is 15.9 Å². The first-order valence-electron chi connectivity index (χ1n) is 7.13. The molecular weight excluding hydrogens is 332 g/mol. The van der Waals surface area contributed by atoms with Crippen LogP contribution in [0.1, 0.15) is 39.2 Å². The molecule has 116 valence electrons. The van der Waals surface area contributed by atoms with Crippen molar-refractivity contribution in [1.29, 1.82) is 5.26 Å². The van der Waals surface area contributed by atoms with Crippen molar-refractivity contribution in [2.45, 2.75) is 40.2 Å². The molecule has 0 saturated heterocycles. The highest BCUT2D eigenvalue weighted by Crippen LogP contribution is 2.37. The van der Waals surface area contributed by atoms with Crippen LogP contribution in [0.2, 0.25) is 0 Å². The third kappa shape index (κ3) is 5.56. The Balaban J connectivity index is 2.72. The zero-order valence-corrected chi connectivity index (χ0v) is 14.5. The maximum atomic E-state index is 9.00. The van der Waals surface area contributed by atoms with E-state index in [2.05, 4.69) is 22.0 Å². The Labute approximate surface area is 135 Å². The summed E-state index contributed by atoms with van der Waals surface area (Å²) in [5.74, 6) is 1.40. The lowest BCUT2D eigenvalue weighted by molar-refractivity contribution is 0.258. The summed E-state index contributed by atoms with van der Waals surface area (Å²) >= 11 is 3.50. The number of hydrogen-bond acceptors (Lipinski definition) is 4. The fraction of sp³-hybridized carbons (Fsp3) is 0.562. The Morgan fingerprint density at radius 2 is 2.05 bits per heavy atom. The van der Waals surface area contributed by atoms with E-state index in [1.807, 2.05) is 32.9 Å². The van der Waals surface area contributed by atoms with E-state index in [9.17, 15) is 0 Å². The van der Waals surface area contributed by atoms with E-state index in [0.717, 1.165) is 22.9 Å². The van der Waals surface area contributed by atoms with Gasteiger partial charge in [0.1, 0.15) is 0 Å². The molecule has 0 amide bonds. The number of hydrogen-bond donors (Lipinski definition) is 1. The van der Waals surface area contributed by atoms with E-state index in [-0.39, 0.29) is 5.41 Å². The molecule has 1 rings (SSSR count). The van der Waals surface area contributed by atoms with Crippen molar-refractivity contribution in [3.05, 3.63) is 22.2 Å². The number of nitrogens with two attached hydrogens (primary N) is 1. The first-order chi connectivity index (χ1) is 9.93. The molecule has 0 heterocycles. The number of halogens is 1. The van der Waals surface area contributed by atoms with Gasteiger partial charge in [0.2, 0.25) is 0 Å². The van der Waals surface area contributed by atoms with Crippen LogP contribution in [0.4, 0.5) is 0 Å². The van der Waals surface area contributed by atoms with Gasteiger partial charge in [0.05, 0.1) is 29.2 Å². The van der Waals surface area contributed by atoms with Crippen LogP contribution in [-0.4, -0.2) is 13.2 Å². The van der Waals surface area contributed by atoms with E-state index in [1.165, 1.54) is 0 Å². The van der Waals surface area contributed by atoms with Crippen molar-refractivity contribution in [2.24, 2.45) is 11.1 Å². The van der Waals surface area contributed by atoms with Gasteiger partial charge >= 0.3 is 0 Å². The number of nitrogens with zero attached hydrogens (tertiary/aromatic N) is 1. The SMILES string of the molecule is CCOc1cc(CN)cc(Br)c1OCCCC(C)(C)C#N. The molecule has 0 fully saturated rings. The molecule has 0 bridgehead atoms. The average molecular weight is 355 g/mol. The monoisotopic (exact) mass is 354 g/mol. The molecule has 1 aromatic carbocycles. The molecule has 0 aliphatic rings. The second-order valence-corrected chi connectivity index (χ2v) is 6.34. The average Bonchev–Trinajstić information content (AvgIpc) is 2.45.